The first-order chi connectivity index (χ1) is 17.2. The number of halogens is 3. The third-order valence-corrected chi connectivity index (χ3v) is 5.92. The molecule has 1 aromatic rings. The van der Waals surface area contributed by atoms with E-state index in [9.17, 15) is 28.8 Å². The molecule has 1 aromatic carbocycles. The van der Waals surface area contributed by atoms with Gasteiger partial charge in [0.05, 0.1) is 11.9 Å². The Bertz CT molecular complexity index is 1000. The zero-order chi connectivity index (χ0) is 28.3. The smallest absolute Gasteiger partial charge is 0.243 e. The van der Waals surface area contributed by atoms with Crippen molar-refractivity contribution in [1.29, 1.82) is 0 Å². The molecule has 1 rings (SSSR count). The van der Waals surface area contributed by atoms with Crippen molar-refractivity contribution in [2.75, 3.05) is 5.88 Å². The Balaban J connectivity index is 2.92. The molecular formula is C24H31Cl3N4O6. The lowest BCUT2D eigenvalue weighted by Gasteiger charge is -2.27. The molecule has 0 saturated heterocycles. The highest BCUT2D eigenvalue weighted by molar-refractivity contribution is 6.63. The molecule has 0 aliphatic carbocycles. The summed E-state index contributed by atoms with van der Waals surface area (Å²) < 4.78 is 0. The summed E-state index contributed by atoms with van der Waals surface area (Å²) in [4.78, 5) is 73.3. The van der Waals surface area contributed by atoms with Crippen LogP contribution in [-0.4, -0.2) is 64.7 Å². The highest BCUT2D eigenvalue weighted by Gasteiger charge is 2.31. The Morgan fingerprint density at radius 1 is 0.811 bits per heavy atom. The average molecular weight is 578 g/mol. The van der Waals surface area contributed by atoms with E-state index in [4.69, 9.17) is 34.8 Å². The Kier molecular flexibility index (Phi) is 13.6. The van der Waals surface area contributed by atoms with Gasteiger partial charge in [0.2, 0.25) is 28.9 Å². The number of benzene rings is 1. The minimum Gasteiger partial charge on any atom is -0.344 e. The molecule has 204 valence electrons. The highest BCUT2D eigenvalue weighted by Crippen LogP contribution is 2.12. The molecule has 13 heteroatoms. The van der Waals surface area contributed by atoms with Gasteiger partial charge in [-0.05, 0) is 42.1 Å². The minimum atomic E-state index is -1.23. The number of Topliss-reactive ketones (excluding diaryl/α,β-unsaturated/α-hetero) is 1. The Morgan fingerprint density at radius 2 is 1.41 bits per heavy atom. The van der Waals surface area contributed by atoms with E-state index in [2.05, 4.69) is 21.3 Å². The highest BCUT2D eigenvalue weighted by atomic mass is 35.5. The molecule has 4 atom stereocenters. The van der Waals surface area contributed by atoms with Crippen LogP contribution in [0.5, 0.6) is 0 Å². The second-order valence-corrected chi connectivity index (χ2v) is 9.89. The summed E-state index contributed by atoms with van der Waals surface area (Å²) in [5.41, 5.74) is 0.741. The summed E-state index contributed by atoms with van der Waals surface area (Å²) >= 11 is 16.8. The van der Waals surface area contributed by atoms with Gasteiger partial charge in [0.25, 0.3) is 0 Å². The van der Waals surface area contributed by atoms with Crippen molar-refractivity contribution >= 4 is 69.5 Å². The first-order valence-electron chi connectivity index (χ1n) is 11.4. The van der Waals surface area contributed by atoms with Gasteiger partial charge in [-0.15, -0.1) is 11.6 Å². The summed E-state index contributed by atoms with van der Waals surface area (Å²) in [6, 6.07) is 2.38. The van der Waals surface area contributed by atoms with E-state index < -0.39 is 71.1 Å². The standard InChI is InChI=1S/C24H31Cl3N4O6/c1-12(2)21(24(37)28-13(3)22(35)30-17(10-20(27)34)19(33)11-25)31-23(36)18(29-14(4)32)9-15-5-7-16(26)8-6-15/h5-8,12-13,17-18,21H,9-11H2,1-4H3,(H,28,37)(H,29,32)(H,30,35)(H,31,36). The monoisotopic (exact) mass is 576 g/mol. The number of carbonyl (C=O) groups is 6. The lowest BCUT2D eigenvalue weighted by atomic mass is 10.0. The quantitative estimate of drug-likeness (QED) is 0.194. The third kappa shape index (κ3) is 11.5. The third-order valence-electron chi connectivity index (χ3n) is 5.25. The molecule has 0 spiro atoms. The molecule has 0 radical (unpaired) electrons. The molecule has 0 aliphatic heterocycles. The van der Waals surface area contributed by atoms with E-state index >= 15 is 0 Å². The molecule has 4 unspecified atom stereocenters. The second kappa shape index (κ2) is 15.5. The van der Waals surface area contributed by atoms with E-state index in [0.717, 1.165) is 5.56 Å². The predicted molar refractivity (Wildman–Crippen MR) is 140 cm³/mol. The van der Waals surface area contributed by atoms with Crippen molar-refractivity contribution < 1.29 is 28.8 Å². The van der Waals surface area contributed by atoms with Crippen LogP contribution in [0.15, 0.2) is 24.3 Å². The zero-order valence-corrected chi connectivity index (χ0v) is 23.2. The Hall–Kier alpha value is -2.69. The fourth-order valence-corrected chi connectivity index (χ4v) is 3.73. The molecule has 10 nitrogen and oxygen atoms in total. The molecular weight excluding hydrogens is 547 g/mol. The summed E-state index contributed by atoms with van der Waals surface area (Å²) in [5, 5.41) is 9.73. The van der Waals surface area contributed by atoms with Gasteiger partial charge in [-0.1, -0.05) is 37.6 Å². The summed E-state index contributed by atoms with van der Waals surface area (Å²) in [6.45, 7) is 6.04. The lowest BCUT2D eigenvalue weighted by Crippen LogP contribution is -2.58. The normalized spacial score (nSPS) is 14.1. The average Bonchev–Trinajstić information content (AvgIpc) is 2.81. The number of ketones is 1. The SMILES string of the molecule is CC(=O)NC(Cc1ccc(Cl)cc1)C(=O)NC(C(=O)NC(C)C(=O)NC(CC(=O)Cl)C(=O)CCl)C(C)C. The first-order valence-corrected chi connectivity index (χ1v) is 12.7. The zero-order valence-electron chi connectivity index (χ0n) is 20.9. The molecule has 0 heterocycles. The van der Waals surface area contributed by atoms with Crippen LogP contribution in [-0.2, 0) is 35.2 Å². The number of alkyl halides is 1. The summed E-state index contributed by atoms with van der Waals surface area (Å²) in [7, 11) is 0. The van der Waals surface area contributed by atoms with Gasteiger partial charge in [0.15, 0.2) is 5.78 Å². The molecule has 0 aliphatic rings. The Morgan fingerprint density at radius 3 is 1.89 bits per heavy atom. The van der Waals surface area contributed by atoms with E-state index in [1.54, 1.807) is 38.1 Å². The molecule has 4 amide bonds. The van der Waals surface area contributed by atoms with Gasteiger partial charge in [-0.25, -0.2) is 0 Å². The molecule has 4 N–H and O–H groups in total. The van der Waals surface area contributed by atoms with Crippen molar-refractivity contribution in [2.24, 2.45) is 5.92 Å². The molecule has 0 bridgehead atoms. The topological polar surface area (TPSA) is 151 Å². The van der Waals surface area contributed by atoms with Crippen LogP contribution in [0.2, 0.25) is 5.02 Å². The maximum Gasteiger partial charge on any atom is 0.243 e. The molecule has 0 aromatic heterocycles. The van der Waals surface area contributed by atoms with Crippen molar-refractivity contribution in [1.82, 2.24) is 21.3 Å². The van der Waals surface area contributed by atoms with Gasteiger partial charge in [-0.3, -0.25) is 28.8 Å². The largest absolute Gasteiger partial charge is 0.344 e. The maximum atomic E-state index is 13.0. The van der Waals surface area contributed by atoms with Crippen LogP contribution in [0.1, 0.15) is 39.7 Å². The van der Waals surface area contributed by atoms with E-state index in [1.165, 1.54) is 13.8 Å². The number of rotatable bonds is 14. The molecule has 37 heavy (non-hydrogen) atoms. The Labute approximate surface area is 230 Å². The lowest BCUT2D eigenvalue weighted by molar-refractivity contribution is -0.134. The van der Waals surface area contributed by atoms with E-state index in [-0.39, 0.29) is 12.3 Å². The van der Waals surface area contributed by atoms with Crippen molar-refractivity contribution in [3.8, 4) is 0 Å². The van der Waals surface area contributed by atoms with Crippen molar-refractivity contribution in [3.63, 3.8) is 0 Å². The predicted octanol–water partition coefficient (Wildman–Crippen LogP) is 1.48. The minimum absolute atomic E-state index is 0.156. The van der Waals surface area contributed by atoms with Crippen LogP contribution in [0.3, 0.4) is 0 Å². The number of amides is 4. The van der Waals surface area contributed by atoms with E-state index in [0.29, 0.717) is 5.02 Å². The van der Waals surface area contributed by atoms with Crippen LogP contribution in [0, 0.1) is 5.92 Å². The molecule has 0 saturated carbocycles. The number of carbonyl (C=O) groups excluding carboxylic acids is 6. The fraction of sp³-hybridized carbons (Fsp3) is 0.500. The van der Waals surface area contributed by atoms with Crippen LogP contribution in [0.4, 0.5) is 0 Å². The summed E-state index contributed by atoms with van der Waals surface area (Å²) in [6.07, 6.45) is -0.300. The fourth-order valence-electron chi connectivity index (χ4n) is 3.26. The summed E-state index contributed by atoms with van der Waals surface area (Å²) in [5.74, 6) is -3.87. The number of nitrogens with one attached hydrogen (secondary N) is 4. The van der Waals surface area contributed by atoms with Crippen LogP contribution < -0.4 is 21.3 Å². The van der Waals surface area contributed by atoms with Gasteiger partial charge in [0.1, 0.15) is 18.1 Å². The van der Waals surface area contributed by atoms with Crippen LogP contribution in [0.25, 0.3) is 0 Å². The van der Waals surface area contributed by atoms with Crippen molar-refractivity contribution in [2.45, 2.75) is 64.7 Å². The van der Waals surface area contributed by atoms with Gasteiger partial charge in [0, 0.05) is 24.8 Å². The van der Waals surface area contributed by atoms with Crippen LogP contribution >= 0.6 is 34.8 Å². The van der Waals surface area contributed by atoms with Gasteiger partial charge in [-0.2, -0.15) is 0 Å². The second-order valence-electron chi connectivity index (χ2n) is 8.76. The first kappa shape index (κ1) is 32.3. The number of hydrogen-bond acceptors (Lipinski definition) is 6. The van der Waals surface area contributed by atoms with Gasteiger partial charge < -0.3 is 21.3 Å². The van der Waals surface area contributed by atoms with Crippen molar-refractivity contribution in [3.05, 3.63) is 34.9 Å². The molecule has 0 fully saturated rings. The maximum absolute atomic E-state index is 13.0. The van der Waals surface area contributed by atoms with Gasteiger partial charge >= 0.3 is 0 Å². The van der Waals surface area contributed by atoms with E-state index in [1.807, 2.05) is 0 Å². The number of hydrogen-bond donors (Lipinski definition) is 4.